The highest BCUT2D eigenvalue weighted by atomic mass is 32.1. The number of furan rings is 1. The standard InChI is InChI=1S/C34H35N5O3.C26H27N5O2S/c1-24-10-7-11-25(18-24)20-41-22-30(26-12-5-4-6-13-26)38-33-32-29(21-42-34(32)36-23-35-33)27-14-8-15-28(19-27)37-31(40)16-9-17-39(2)3;1-31(2)13-7-12-23(33)29-20-11-6-10-19(14-20)21-16-34-26-24(21)25(27-17-28-26)30-22(15-32)18-8-4-3-5-9-18/h4-16,18-19,21,23,30H,17,20,22H2,1-3H3,(H,37,40)(H,35,36,38);3-12,14,16-17,22,32H,13,15H2,1-2H3,(H,29,33)(H,27,28,30)/b16-9+;12-7+/t30-;22-/m11/s1. The topological polar surface area (TPSA) is 183 Å². The Bertz CT molecular complexity index is 3400. The summed E-state index contributed by atoms with van der Waals surface area (Å²) in [5.74, 6) is 0.935. The molecule has 0 fully saturated rings. The lowest BCUT2D eigenvalue weighted by molar-refractivity contribution is -0.112. The van der Waals surface area contributed by atoms with Gasteiger partial charge in [-0.15, -0.1) is 11.3 Å². The highest BCUT2D eigenvalue weighted by Gasteiger charge is 2.21. The van der Waals surface area contributed by atoms with Crippen LogP contribution in [0.25, 0.3) is 43.6 Å². The maximum absolute atomic E-state index is 12.4. The van der Waals surface area contributed by atoms with Gasteiger partial charge in [-0.3, -0.25) is 9.59 Å². The normalized spacial score (nSPS) is 12.3. The van der Waals surface area contributed by atoms with E-state index in [4.69, 9.17) is 9.15 Å². The molecule has 76 heavy (non-hydrogen) atoms. The van der Waals surface area contributed by atoms with E-state index in [0.717, 1.165) is 54.5 Å². The van der Waals surface area contributed by atoms with E-state index in [0.29, 0.717) is 55.0 Å². The number of thiophene rings is 1. The van der Waals surface area contributed by atoms with E-state index in [2.05, 4.69) is 78.5 Å². The number of fused-ring (bicyclic) bond motifs is 2. The minimum atomic E-state index is -0.299. The molecular weight excluding hydrogens is 973 g/mol. The van der Waals surface area contributed by atoms with Crippen LogP contribution < -0.4 is 21.3 Å². The number of aliphatic hydroxyl groups is 1. The van der Waals surface area contributed by atoms with Gasteiger partial charge in [-0.05, 0) is 87.2 Å². The molecule has 4 heterocycles. The summed E-state index contributed by atoms with van der Waals surface area (Å²) in [4.78, 5) is 47.4. The van der Waals surface area contributed by atoms with E-state index in [-0.39, 0.29) is 30.5 Å². The second kappa shape index (κ2) is 26.7. The number of aryl methyl sites for hydroxylation is 1. The smallest absolute Gasteiger partial charge is 0.248 e. The molecule has 0 aliphatic carbocycles. The average Bonchev–Trinajstić information content (AvgIpc) is 4.10. The molecule has 388 valence electrons. The number of nitrogens with one attached hydrogen (secondary N) is 4. The summed E-state index contributed by atoms with van der Waals surface area (Å²) in [6.45, 7) is 4.32. The second-order valence-corrected chi connectivity index (χ2v) is 19.3. The molecule has 2 amide bonds. The van der Waals surface area contributed by atoms with Crippen molar-refractivity contribution in [2.24, 2.45) is 0 Å². The first kappa shape index (κ1) is 53.9. The van der Waals surface area contributed by atoms with Gasteiger partial charge in [0.1, 0.15) is 35.4 Å². The van der Waals surface area contributed by atoms with E-state index >= 15 is 0 Å². The van der Waals surface area contributed by atoms with Crippen molar-refractivity contribution >= 4 is 67.5 Å². The number of benzene rings is 5. The van der Waals surface area contributed by atoms with Crippen molar-refractivity contribution < 1.29 is 23.8 Å². The molecule has 0 aliphatic rings. The van der Waals surface area contributed by atoms with E-state index in [9.17, 15) is 14.7 Å². The van der Waals surface area contributed by atoms with Gasteiger partial charge in [0.05, 0.1) is 42.7 Å². The number of likely N-dealkylation sites (N-methyl/N-ethyl adjacent to an activating group) is 2. The molecule has 5 N–H and O–H groups in total. The number of carbonyl (C=O) groups excluding carboxylic acids is 2. The number of anilines is 4. The lowest BCUT2D eigenvalue weighted by Gasteiger charge is -2.20. The lowest BCUT2D eigenvalue weighted by atomic mass is 10.0. The highest BCUT2D eigenvalue weighted by Crippen LogP contribution is 2.39. The Morgan fingerprint density at radius 2 is 1.22 bits per heavy atom. The fourth-order valence-electron chi connectivity index (χ4n) is 8.28. The molecule has 9 rings (SSSR count). The number of aliphatic hydroxyl groups excluding tert-OH is 1. The van der Waals surface area contributed by atoms with Crippen LogP contribution in [0.5, 0.6) is 0 Å². The second-order valence-electron chi connectivity index (χ2n) is 18.5. The van der Waals surface area contributed by atoms with Gasteiger partial charge in [0.25, 0.3) is 0 Å². The first-order chi connectivity index (χ1) is 37.0. The maximum Gasteiger partial charge on any atom is 0.248 e. The molecule has 0 radical (unpaired) electrons. The average molecular weight is 1040 g/mol. The van der Waals surface area contributed by atoms with Crippen LogP contribution >= 0.6 is 11.3 Å². The van der Waals surface area contributed by atoms with Crippen LogP contribution in [-0.2, 0) is 20.9 Å². The Morgan fingerprint density at radius 3 is 1.83 bits per heavy atom. The SMILES string of the molecule is CN(C)C/C=C/C(=O)Nc1cccc(-c2csc3ncnc(N[C@H](CO)c4ccccc4)c23)c1.Cc1cccc(COC[C@@H](Nc2ncnc3occ(-c4cccc(NC(=O)/C=C/CN(C)C)c4)c23)c2ccccc2)c1. The Balaban J connectivity index is 0.000000206. The molecule has 0 saturated heterocycles. The summed E-state index contributed by atoms with van der Waals surface area (Å²) in [6.07, 6.45) is 11.4. The molecule has 0 spiro atoms. The van der Waals surface area contributed by atoms with Gasteiger partial charge in [-0.25, -0.2) is 19.9 Å². The van der Waals surface area contributed by atoms with Gasteiger partial charge in [-0.2, -0.15) is 0 Å². The van der Waals surface area contributed by atoms with Crippen molar-refractivity contribution in [2.75, 3.05) is 75.8 Å². The number of rotatable bonds is 21. The first-order valence-corrected chi connectivity index (χ1v) is 25.7. The number of nitrogens with zero attached hydrogens (tertiary/aromatic N) is 6. The number of hydrogen-bond donors (Lipinski definition) is 5. The van der Waals surface area contributed by atoms with Gasteiger partial charge in [0, 0.05) is 53.1 Å². The van der Waals surface area contributed by atoms with Crippen LogP contribution in [0, 0.1) is 6.92 Å². The Hall–Kier alpha value is -8.38. The van der Waals surface area contributed by atoms with Crippen LogP contribution in [0.3, 0.4) is 0 Å². The van der Waals surface area contributed by atoms with Crippen molar-refractivity contribution in [3.63, 3.8) is 0 Å². The minimum Gasteiger partial charge on any atom is -0.445 e. The van der Waals surface area contributed by atoms with Crippen molar-refractivity contribution in [3.8, 4) is 22.3 Å². The van der Waals surface area contributed by atoms with Gasteiger partial charge in [0.15, 0.2) is 0 Å². The fraction of sp³-hybridized carbons (Fsp3) is 0.200. The number of carbonyl (C=O) groups is 2. The predicted octanol–water partition coefficient (Wildman–Crippen LogP) is 11.2. The monoisotopic (exact) mass is 1030 g/mol. The highest BCUT2D eigenvalue weighted by molar-refractivity contribution is 7.17. The van der Waals surface area contributed by atoms with E-state index < -0.39 is 0 Å². The van der Waals surface area contributed by atoms with Crippen molar-refractivity contribution in [1.29, 1.82) is 0 Å². The molecule has 5 aromatic carbocycles. The van der Waals surface area contributed by atoms with E-state index in [1.165, 1.54) is 29.6 Å². The zero-order valence-electron chi connectivity index (χ0n) is 43.2. The zero-order valence-corrected chi connectivity index (χ0v) is 44.0. The predicted molar refractivity (Wildman–Crippen MR) is 306 cm³/mol. The summed E-state index contributed by atoms with van der Waals surface area (Å²) in [5.41, 5.74) is 9.83. The number of aromatic nitrogens is 4. The summed E-state index contributed by atoms with van der Waals surface area (Å²) in [7, 11) is 7.81. The number of hydrogen-bond acceptors (Lipinski definition) is 14. The number of ether oxygens (including phenoxy) is 1. The van der Waals surface area contributed by atoms with Crippen LogP contribution in [-0.4, -0.2) is 101 Å². The van der Waals surface area contributed by atoms with Gasteiger partial charge >= 0.3 is 0 Å². The Morgan fingerprint density at radius 1 is 0.658 bits per heavy atom. The van der Waals surface area contributed by atoms with Crippen LogP contribution in [0.2, 0.25) is 0 Å². The van der Waals surface area contributed by atoms with Crippen molar-refractivity contribution in [3.05, 3.63) is 204 Å². The van der Waals surface area contributed by atoms with Crippen molar-refractivity contribution in [2.45, 2.75) is 25.6 Å². The Kier molecular flexibility index (Phi) is 18.9. The summed E-state index contributed by atoms with van der Waals surface area (Å²) in [5, 5.41) is 26.5. The zero-order chi connectivity index (χ0) is 53.2. The third-order valence-corrected chi connectivity index (χ3v) is 12.8. The van der Waals surface area contributed by atoms with Gasteiger partial charge in [-0.1, -0.05) is 127 Å². The molecule has 15 nitrogen and oxygen atoms in total. The molecule has 4 aromatic heterocycles. The molecule has 0 aliphatic heterocycles. The fourth-order valence-corrected chi connectivity index (χ4v) is 9.20. The quantitative estimate of drug-likeness (QED) is 0.0429. The molecule has 0 unspecified atom stereocenters. The molecule has 0 bridgehead atoms. The third-order valence-electron chi connectivity index (χ3n) is 11.9. The van der Waals surface area contributed by atoms with Crippen LogP contribution in [0.1, 0.15) is 34.3 Å². The van der Waals surface area contributed by atoms with Gasteiger partial charge in [0.2, 0.25) is 17.5 Å². The number of amides is 2. The maximum atomic E-state index is 12.4. The van der Waals surface area contributed by atoms with E-state index in [1.807, 2.05) is 159 Å². The molecular formula is C60H62N10O5S. The summed E-state index contributed by atoms with van der Waals surface area (Å²) < 4.78 is 12.0. The largest absolute Gasteiger partial charge is 0.445 e. The molecule has 16 heteroatoms. The summed E-state index contributed by atoms with van der Waals surface area (Å²) >= 11 is 1.53. The Labute approximate surface area is 447 Å². The van der Waals surface area contributed by atoms with Gasteiger partial charge < -0.3 is 45.3 Å². The van der Waals surface area contributed by atoms with Crippen molar-refractivity contribution in [1.82, 2.24) is 29.7 Å². The molecule has 2 atom stereocenters. The lowest BCUT2D eigenvalue weighted by Crippen LogP contribution is -2.18. The van der Waals surface area contributed by atoms with E-state index in [1.54, 1.807) is 18.4 Å². The summed E-state index contributed by atoms with van der Waals surface area (Å²) in [6, 6.07) is 43.2. The molecule has 9 aromatic rings. The van der Waals surface area contributed by atoms with Crippen LogP contribution in [0.4, 0.5) is 23.0 Å². The minimum absolute atomic E-state index is 0.0716. The van der Waals surface area contributed by atoms with Crippen LogP contribution in [0.15, 0.2) is 186 Å². The molecule has 0 saturated carbocycles. The third kappa shape index (κ3) is 14.9. The first-order valence-electron chi connectivity index (χ1n) is 24.8.